The first-order valence-corrected chi connectivity index (χ1v) is 8.67. The minimum Gasteiger partial charge on any atom is -0.353 e. The van der Waals surface area contributed by atoms with E-state index >= 15 is 0 Å². The third-order valence-corrected chi connectivity index (χ3v) is 4.60. The fourth-order valence-electron chi connectivity index (χ4n) is 2.96. The number of nitrogens with zero attached hydrogens (tertiary/aromatic N) is 4. The van der Waals surface area contributed by atoms with Crippen LogP contribution in [0.2, 0.25) is 0 Å². The second kappa shape index (κ2) is 7.60. The summed E-state index contributed by atoms with van der Waals surface area (Å²) in [7, 11) is 0. The standard InChI is InChI=1S/C17H24N6O2/c1-3-12(2)21-14(24)10-22-6-8-23(9-7-22)16-15-13(4-5-18-16)17(25)20-11-19-15/h4-5,11-12H,3,6-10H2,1-2H3,(H,21,24)(H,19,20,25). The number of amides is 1. The molecule has 0 radical (unpaired) electrons. The predicted molar refractivity (Wildman–Crippen MR) is 96.7 cm³/mol. The van der Waals surface area contributed by atoms with Gasteiger partial charge in [-0.1, -0.05) is 6.92 Å². The first-order valence-electron chi connectivity index (χ1n) is 8.67. The van der Waals surface area contributed by atoms with Crippen LogP contribution in [-0.4, -0.2) is 64.5 Å². The molecular formula is C17H24N6O2. The molecule has 1 aliphatic rings. The molecule has 1 atom stereocenters. The molecule has 0 bridgehead atoms. The molecule has 1 fully saturated rings. The minimum absolute atomic E-state index is 0.0688. The van der Waals surface area contributed by atoms with Gasteiger partial charge in [0.1, 0.15) is 5.52 Å². The average Bonchev–Trinajstić information content (AvgIpc) is 2.62. The van der Waals surface area contributed by atoms with Crippen LogP contribution < -0.4 is 15.8 Å². The lowest BCUT2D eigenvalue weighted by atomic mass is 10.2. The van der Waals surface area contributed by atoms with Gasteiger partial charge in [0, 0.05) is 38.4 Å². The summed E-state index contributed by atoms with van der Waals surface area (Å²) in [5.41, 5.74) is 0.461. The number of carbonyl (C=O) groups excluding carboxylic acids is 1. The van der Waals surface area contributed by atoms with Crippen molar-refractivity contribution in [2.45, 2.75) is 26.3 Å². The summed E-state index contributed by atoms with van der Waals surface area (Å²) < 4.78 is 0. The van der Waals surface area contributed by atoms with Crippen LogP contribution in [0, 0.1) is 0 Å². The number of hydrogen-bond donors (Lipinski definition) is 2. The van der Waals surface area contributed by atoms with Crippen molar-refractivity contribution >= 4 is 22.6 Å². The Hall–Kier alpha value is -2.48. The zero-order valence-corrected chi connectivity index (χ0v) is 14.7. The largest absolute Gasteiger partial charge is 0.353 e. The minimum atomic E-state index is -0.158. The van der Waals surface area contributed by atoms with Gasteiger partial charge in [0.15, 0.2) is 5.82 Å². The Morgan fingerprint density at radius 3 is 2.80 bits per heavy atom. The van der Waals surface area contributed by atoms with Crippen molar-refractivity contribution in [2.24, 2.45) is 0 Å². The molecule has 8 nitrogen and oxygen atoms in total. The highest BCUT2D eigenvalue weighted by atomic mass is 16.2. The van der Waals surface area contributed by atoms with Crippen molar-refractivity contribution in [3.8, 4) is 0 Å². The van der Waals surface area contributed by atoms with E-state index in [1.165, 1.54) is 6.33 Å². The van der Waals surface area contributed by atoms with Crippen molar-refractivity contribution < 1.29 is 4.79 Å². The van der Waals surface area contributed by atoms with Gasteiger partial charge in [-0.3, -0.25) is 14.5 Å². The van der Waals surface area contributed by atoms with Crippen LogP contribution in [0.1, 0.15) is 20.3 Å². The van der Waals surface area contributed by atoms with E-state index in [4.69, 9.17) is 0 Å². The number of aromatic amines is 1. The van der Waals surface area contributed by atoms with Gasteiger partial charge >= 0.3 is 0 Å². The van der Waals surface area contributed by atoms with Gasteiger partial charge in [0.2, 0.25) is 5.91 Å². The van der Waals surface area contributed by atoms with Crippen LogP contribution >= 0.6 is 0 Å². The molecule has 1 aliphatic heterocycles. The Bertz CT molecular complexity index is 797. The third kappa shape index (κ3) is 3.96. The molecule has 0 aromatic carbocycles. The van der Waals surface area contributed by atoms with Crippen LogP contribution in [0.3, 0.4) is 0 Å². The molecular weight excluding hydrogens is 320 g/mol. The molecule has 134 valence electrons. The summed E-state index contributed by atoms with van der Waals surface area (Å²) in [5.74, 6) is 0.798. The number of anilines is 1. The number of rotatable bonds is 5. The predicted octanol–water partition coefficient (Wildman–Crippen LogP) is 0.355. The number of pyridine rings is 1. The highest BCUT2D eigenvalue weighted by Gasteiger charge is 2.22. The third-order valence-electron chi connectivity index (χ3n) is 4.60. The van der Waals surface area contributed by atoms with Gasteiger partial charge in [0.25, 0.3) is 5.56 Å². The number of fused-ring (bicyclic) bond motifs is 1. The second-order valence-electron chi connectivity index (χ2n) is 6.40. The van der Waals surface area contributed by atoms with E-state index in [1.807, 2.05) is 6.92 Å². The van der Waals surface area contributed by atoms with E-state index in [0.29, 0.717) is 17.4 Å². The Labute approximate surface area is 146 Å². The maximum atomic E-state index is 12.0. The molecule has 0 saturated carbocycles. The van der Waals surface area contributed by atoms with E-state index in [2.05, 4.69) is 37.0 Å². The summed E-state index contributed by atoms with van der Waals surface area (Å²) in [5, 5.41) is 3.54. The molecule has 2 aromatic heterocycles. The summed E-state index contributed by atoms with van der Waals surface area (Å²) in [6.45, 7) is 7.52. The van der Waals surface area contributed by atoms with Gasteiger partial charge in [0.05, 0.1) is 18.3 Å². The van der Waals surface area contributed by atoms with Crippen molar-refractivity contribution in [2.75, 3.05) is 37.6 Å². The Kier molecular flexibility index (Phi) is 5.28. The van der Waals surface area contributed by atoms with E-state index in [0.717, 1.165) is 38.4 Å². The number of H-pyrrole nitrogens is 1. The molecule has 2 N–H and O–H groups in total. The Balaban J connectivity index is 1.64. The van der Waals surface area contributed by atoms with Crippen molar-refractivity contribution in [3.63, 3.8) is 0 Å². The van der Waals surface area contributed by atoms with Crippen LogP contribution in [0.15, 0.2) is 23.4 Å². The molecule has 1 amide bonds. The van der Waals surface area contributed by atoms with Crippen LogP contribution in [-0.2, 0) is 4.79 Å². The highest BCUT2D eigenvalue weighted by molar-refractivity contribution is 5.87. The SMILES string of the molecule is CCC(C)NC(=O)CN1CCN(c2nccc3c(=O)[nH]cnc23)CC1. The van der Waals surface area contributed by atoms with Gasteiger partial charge in [-0.05, 0) is 19.4 Å². The summed E-state index contributed by atoms with van der Waals surface area (Å²) in [4.78, 5) is 39.5. The zero-order chi connectivity index (χ0) is 17.8. The molecule has 8 heteroatoms. The topological polar surface area (TPSA) is 94.2 Å². The molecule has 0 aliphatic carbocycles. The second-order valence-corrected chi connectivity index (χ2v) is 6.40. The fraction of sp³-hybridized carbons (Fsp3) is 0.529. The number of hydrogen-bond acceptors (Lipinski definition) is 6. The quantitative estimate of drug-likeness (QED) is 0.813. The number of piperazine rings is 1. The number of aromatic nitrogens is 3. The molecule has 25 heavy (non-hydrogen) atoms. The summed E-state index contributed by atoms with van der Waals surface area (Å²) in [6, 6.07) is 1.89. The van der Waals surface area contributed by atoms with Crippen molar-refractivity contribution in [3.05, 3.63) is 28.9 Å². The molecule has 1 saturated heterocycles. The molecule has 0 spiro atoms. The lowest BCUT2D eigenvalue weighted by Crippen LogP contribution is -2.50. The van der Waals surface area contributed by atoms with E-state index < -0.39 is 0 Å². The smallest absolute Gasteiger partial charge is 0.258 e. The fourth-order valence-corrected chi connectivity index (χ4v) is 2.96. The maximum Gasteiger partial charge on any atom is 0.258 e. The number of nitrogens with one attached hydrogen (secondary N) is 2. The average molecular weight is 344 g/mol. The molecule has 2 aromatic rings. The molecule has 1 unspecified atom stereocenters. The van der Waals surface area contributed by atoms with Crippen LogP contribution in [0.25, 0.3) is 10.9 Å². The monoisotopic (exact) mass is 344 g/mol. The first kappa shape index (κ1) is 17.3. The lowest BCUT2D eigenvalue weighted by Gasteiger charge is -2.35. The summed E-state index contributed by atoms with van der Waals surface area (Å²) in [6.07, 6.45) is 3.98. The van der Waals surface area contributed by atoms with Gasteiger partial charge in [-0.15, -0.1) is 0 Å². The van der Waals surface area contributed by atoms with Gasteiger partial charge in [-0.2, -0.15) is 0 Å². The highest BCUT2D eigenvalue weighted by Crippen LogP contribution is 2.20. The van der Waals surface area contributed by atoms with Crippen molar-refractivity contribution in [1.29, 1.82) is 0 Å². The lowest BCUT2D eigenvalue weighted by molar-refractivity contribution is -0.122. The van der Waals surface area contributed by atoms with Gasteiger partial charge in [-0.25, -0.2) is 9.97 Å². The Morgan fingerprint density at radius 2 is 2.08 bits per heavy atom. The number of carbonyl (C=O) groups is 1. The van der Waals surface area contributed by atoms with Crippen LogP contribution in [0.5, 0.6) is 0 Å². The zero-order valence-electron chi connectivity index (χ0n) is 14.7. The Morgan fingerprint density at radius 1 is 1.32 bits per heavy atom. The molecule has 3 rings (SSSR count). The first-order chi connectivity index (χ1) is 12.1. The van der Waals surface area contributed by atoms with Gasteiger partial charge < -0.3 is 15.2 Å². The summed E-state index contributed by atoms with van der Waals surface area (Å²) >= 11 is 0. The van der Waals surface area contributed by atoms with E-state index in [-0.39, 0.29) is 17.5 Å². The van der Waals surface area contributed by atoms with Crippen molar-refractivity contribution in [1.82, 2.24) is 25.2 Å². The maximum absolute atomic E-state index is 12.0. The molecule has 3 heterocycles. The van der Waals surface area contributed by atoms with Crippen LogP contribution in [0.4, 0.5) is 5.82 Å². The van der Waals surface area contributed by atoms with E-state index in [9.17, 15) is 9.59 Å². The van der Waals surface area contributed by atoms with E-state index in [1.54, 1.807) is 12.3 Å². The normalized spacial score (nSPS) is 16.8.